The van der Waals surface area contributed by atoms with Gasteiger partial charge in [0.2, 0.25) is 0 Å². The minimum atomic E-state index is 0. The smallest absolute Gasteiger partial charge is 0.0919 e. The second-order valence-electron chi connectivity index (χ2n) is 6.67. The molecule has 8 bridgehead atoms. The maximum absolute atomic E-state index is 4.62. The summed E-state index contributed by atoms with van der Waals surface area (Å²) in [6.45, 7) is 0. The number of rotatable bonds is 0. The Morgan fingerprint density at radius 3 is 1.43 bits per heavy atom. The van der Waals surface area contributed by atoms with Gasteiger partial charge in [0, 0.05) is 51.5 Å². The van der Waals surface area contributed by atoms with Crippen LogP contribution in [-0.2, 0) is 17.1 Å². The van der Waals surface area contributed by atoms with Gasteiger partial charge >= 0.3 is 0 Å². The van der Waals surface area contributed by atoms with Crippen molar-refractivity contribution in [2.75, 3.05) is 0 Å². The van der Waals surface area contributed by atoms with Crippen LogP contribution in [0.4, 0.5) is 0 Å². The predicted octanol–water partition coefficient (Wildman–Crippen LogP) is 5.06. The van der Waals surface area contributed by atoms with E-state index in [0.717, 1.165) is 44.8 Å². The van der Waals surface area contributed by atoms with Gasteiger partial charge in [-0.25, -0.2) is 15.0 Å². The largest absolute Gasteiger partial charge is 0.355 e. The van der Waals surface area contributed by atoms with Crippen LogP contribution in [0.1, 0.15) is 22.8 Å². The summed E-state index contributed by atoms with van der Waals surface area (Å²) in [5, 5.41) is 0. The van der Waals surface area contributed by atoms with E-state index in [1.54, 1.807) is 18.7 Å². The number of aromatic nitrogens is 6. The van der Waals surface area contributed by atoms with Crippen molar-refractivity contribution >= 4 is 46.4 Å². The summed E-state index contributed by atoms with van der Waals surface area (Å²) in [5.74, 6) is 0. The molecule has 4 aromatic rings. The fourth-order valence-corrected chi connectivity index (χ4v) is 3.16. The number of hydrogen-bond acceptors (Lipinski definition) is 3. The molecule has 6 heterocycles. The molecule has 0 amide bonds. The molecule has 30 heavy (non-hydrogen) atoms. The topological polar surface area (TPSA) is 86.0 Å². The molecule has 148 valence electrons. The molecule has 0 aromatic carbocycles. The average Bonchev–Trinajstić information content (AvgIpc) is 3.50. The molecular formula is C23H18FeN6. The molecule has 0 saturated heterocycles. The Morgan fingerprint density at radius 2 is 1.03 bits per heavy atom. The number of imidazole rings is 1. The first-order valence-corrected chi connectivity index (χ1v) is 9.27. The second kappa shape index (κ2) is 8.78. The van der Waals surface area contributed by atoms with E-state index in [0.29, 0.717) is 0 Å². The Balaban J connectivity index is 0.000000321. The molecule has 0 atom stereocenters. The first kappa shape index (κ1) is 19.6. The molecule has 0 unspecified atom stereocenters. The summed E-state index contributed by atoms with van der Waals surface area (Å²) in [7, 11) is 0. The molecule has 4 aromatic heterocycles. The summed E-state index contributed by atoms with van der Waals surface area (Å²) in [5.41, 5.74) is 7.86. The third-order valence-electron chi connectivity index (χ3n) is 4.45. The monoisotopic (exact) mass is 434 g/mol. The Bertz CT molecular complexity index is 1250. The molecule has 6 nitrogen and oxygen atoms in total. The Hall–Kier alpha value is -3.67. The van der Waals surface area contributed by atoms with Crippen LogP contribution in [0.5, 0.6) is 0 Å². The third-order valence-corrected chi connectivity index (χ3v) is 4.45. The second-order valence-corrected chi connectivity index (χ2v) is 6.67. The molecule has 7 heteroatoms. The van der Waals surface area contributed by atoms with Crippen molar-refractivity contribution in [1.82, 2.24) is 29.9 Å². The van der Waals surface area contributed by atoms with Crippen LogP contribution in [0.25, 0.3) is 46.4 Å². The molecule has 2 aliphatic heterocycles. The number of fused-ring (bicyclic) bond motifs is 8. The molecule has 3 N–H and O–H groups in total. The third kappa shape index (κ3) is 4.66. The van der Waals surface area contributed by atoms with Gasteiger partial charge in [-0.05, 0) is 72.8 Å². The van der Waals surface area contributed by atoms with Crippen LogP contribution < -0.4 is 0 Å². The SMILES string of the molecule is C1=Cc2cc3ccc(cc4ccc(cc5nc(cc1n2)C=C5)[nH]4)[nH]3.[Fe].c1c[nH]cn1. The normalized spacial score (nSPS) is 11.5. The zero-order valence-corrected chi connectivity index (χ0v) is 17.0. The zero-order chi connectivity index (χ0) is 19.5. The van der Waals surface area contributed by atoms with Crippen LogP contribution in [0, 0.1) is 0 Å². The summed E-state index contributed by atoms with van der Waals surface area (Å²) in [6.07, 6.45) is 13.1. The van der Waals surface area contributed by atoms with Gasteiger partial charge in [0.05, 0.1) is 29.1 Å². The van der Waals surface area contributed by atoms with Crippen LogP contribution in [0.15, 0.2) is 67.3 Å². The first-order chi connectivity index (χ1) is 14.3. The molecule has 0 spiro atoms. The van der Waals surface area contributed by atoms with E-state index in [1.807, 2.05) is 42.5 Å². The van der Waals surface area contributed by atoms with Gasteiger partial charge in [-0.1, -0.05) is 0 Å². The summed E-state index contributed by atoms with van der Waals surface area (Å²) in [6, 6.07) is 16.4. The molecule has 0 aliphatic carbocycles. The standard InChI is InChI=1S/C20H14N4.C3H4N2.Fe/c1-2-14-10-16-5-6-18(23-16)12-20-8-7-19(24-20)11-17-4-3-15(22-17)9-13(1)21-14;1-2-5-3-4-1;/h1-12,21-22H;1-3H,(H,4,5);. The minimum Gasteiger partial charge on any atom is -0.355 e. The van der Waals surface area contributed by atoms with Crippen molar-refractivity contribution in [3.63, 3.8) is 0 Å². The van der Waals surface area contributed by atoms with Gasteiger partial charge < -0.3 is 15.0 Å². The molecule has 0 saturated carbocycles. The number of nitrogens with one attached hydrogen (secondary N) is 3. The van der Waals surface area contributed by atoms with Gasteiger partial charge in [-0.3, -0.25) is 0 Å². The molecule has 6 rings (SSSR count). The number of aromatic amines is 3. The van der Waals surface area contributed by atoms with Gasteiger partial charge in [-0.15, -0.1) is 0 Å². The number of H-pyrrole nitrogens is 3. The van der Waals surface area contributed by atoms with Crippen molar-refractivity contribution in [2.24, 2.45) is 0 Å². The first-order valence-electron chi connectivity index (χ1n) is 9.27. The van der Waals surface area contributed by atoms with Crippen molar-refractivity contribution in [1.29, 1.82) is 0 Å². The molecular weight excluding hydrogens is 416 g/mol. The van der Waals surface area contributed by atoms with Crippen LogP contribution in [-0.4, -0.2) is 29.9 Å². The summed E-state index contributed by atoms with van der Waals surface area (Å²) >= 11 is 0. The van der Waals surface area contributed by atoms with Gasteiger partial charge in [0.1, 0.15) is 0 Å². The minimum absolute atomic E-state index is 0. The summed E-state index contributed by atoms with van der Waals surface area (Å²) in [4.78, 5) is 22.4. The van der Waals surface area contributed by atoms with Gasteiger partial charge in [-0.2, -0.15) is 0 Å². The van der Waals surface area contributed by atoms with E-state index in [4.69, 9.17) is 0 Å². The Morgan fingerprint density at radius 1 is 0.567 bits per heavy atom. The maximum atomic E-state index is 4.62. The van der Waals surface area contributed by atoms with Crippen molar-refractivity contribution in [3.05, 3.63) is 90.0 Å². The number of hydrogen-bond donors (Lipinski definition) is 3. The Kier molecular flexibility index (Phi) is 5.75. The van der Waals surface area contributed by atoms with E-state index in [2.05, 4.69) is 60.2 Å². The van der Waals surface area contributed by atoms with Crippen LogP contribution >= 0.6 is 0 Å². The van der Waals surface area contributed by atoms with E-state index >= 15 is 0 Å². The van der Waals surface area contributed by atoms with Crippen molar-refractivity contribution in [3.8, 4) is 0 Å². The quantitative estimate of drug-likeness (QED) is 0.292. The summed E-state index contributed by atoms with van der Waals surface area (Å²) < 4.78 is 0. The van der Waals surface area contributed by atoms with Crippen molar-refractivity contribution in [2.45, 2.75) is 0 Å². The van der Waals surface area contributed by atoms with E-state index in [9.17, 15) is 0 Å². The van der Waals surface area contributed by atoms with E-state index in [-0.39, 0.29) is 17.1 Å². The molecule has 2 aliphatic rings. The van der Waals surface area contributed by atoms with Crippen LogP contribution in [0.2, 0.25) is 0 Å². The maximum Gasteiger partial charge on any atom is 0.0919 e. The molecule has 0 radical (unpaired) electrons. The fourth-order valence-electron chi connectivity index (χ4n) is 3.16. The zero-order valence-electron chi connectivity index (χ0n) is 15.9. The van der Waals surface area contributed by atoms with Gasteiger partial charge in [0.15, 0.2) is 0 Å². The van der Waals surface area contributed by atoms with Gasteiger partial charge in [0.25, 0.3) is 0 Å². The fraction of sp³-hybridized carbons (Fsp3) is 0. The molecule has 0 fully saturated rings. The Labute approximate surface area is 183 Å². The number of nitrogens with zero attached hydrogens (tertiary/aromatic N) is 3. The van der Waals surface area contributed by atoms with Crippen molar-refractivity contribution < 1.29 is 17.1 Å². The van der Waals surface area contributed by atoms with E-state index in [1.165, 1.54) is 0 Å². The average molecular weight is 434 g/mol. The predicted molar refractivity (Wildman–Crippen MR) is 117 cm³/mol. The van der Waals surface area contributed by atoms with E-state index < -0.39 is 0 Å². The van der Waals surface area contributed by atoms with Crippen LogP contribution in [0.3, 0.4) is 0 Å².